The first-order valence-electron chi connectivity index (χ1n) is 12.4. The number of amides is 1. The molecule has 240 valence electrons. The fourth-order valence-corrected chi connectivity index (χ4v) is 3.53. The largest absolute Gasteiger partial charge is 0.490 e. The van der Waals surface area contributed by atoms with Crippen molar-refractivity contribution in [1.82, 2.24) is 21.3 Å². The Bertz CT molecular complexity index is 1160. The Morgan fingerprint density at radius 2 is 1.58 bits per heavy atom. The third-order valence-corrected chi connectivity index (χ3v) is 5.47. The number of hydrogen-bond donors (Lipinski definition) is 7. The summed E-state index contributed by atoms with van der Waals surface area (Å²) in [6, 6.07) is 4.89. The van der Waals surface area contributed by atoms with E-state index in [4.69, 9.17) is 24.9 Å². The van der Waals surface area contributed by atoms with Crippen LogP contribution in [0.5, 0.6) is 0 Å². The number of carboxylic acids is 3. The maximum absolute atomic E-state index is 13.4. The Morgan fingerprint density at radius 3 is 2.12 bits per heavy atom. The molecule has 0 aliphatic carbocycles. The van der Waals surface area contributed by atoms with Gasteiger partial charge in [0.05, 0.1) is 12.5 Å². The smallest absolute Gasteiger partial charge is 0.481 e. The Morgan fingerprint density at radius 1 is 0.977 bits per heavy atom. The molecular weight excluding hydrogens is 601 g/mol. The number of halogens is 7. The third-order valence-electron chi connectivity index (χ3n) is 5.47. The van der Waals surface area contributed by atoms with Crippen LogP contribution in [0.1, 0.15) is 43.7 Å². The van der Waals surface area contributed by atoms with E-state index >= 15 is 0 Å². The van der Waals surface area contributed by atoms with Crippen LogP contribution in [-0.2, 0) is 19.2 Å². The van der Waals surface area contributed by atoms with Gasteiger partial charge < -0.3 is 31.3 Å². The lowest BCUT2D eigenvalue weighted by Gasteiger charge is -2.32. The topological polar surface area (TPSA) is 177 Å². The Kier molecular flexibility index (Phi) is 14.4. The number of carbonyl (C=O) groups excluding carboxylic acids is 1. The zero-order chi connectivity index (χ0) is 32.8. The molecule has 18 heteroatoms. The summed E-state index contributed by atoms with van der Waals surface area (Å²) in [6.45, 7) is 1.59. The van der Waals surface area contributed by atoms with Gasteiger partial charge in [-0.25, -0.2) is 14.0 Å². The van der Waals surface area contributed by atoms with Crippen LogP contribution in [0.2, 0.25) is 0 Å². The van der Waals surface area contributed by atoms with Gasteiger partial charge in [-0.1, -0.05) is 18.2 Å². The quantitative estimate of drug-likeness (QED) is 0.158. The molecule has 1 fully saturated rings. The zero-order valence-corrected chi connectivity index (χ0v) is 22.2. The van der Waals surface area contributed by atoms with E-state index in [2.05, 4.69) is 27.3 Å². The number of carbonyl (C=O) groups is 4. The molecule has 0 aromatic heterocycles. The Labute approximate surface area is 239 Å². The van der Waals surface area contributed by atoms with Gasteiger partial charge in [0.1, 0.15) is 17.8 Å². The number of rotatable bonds is 9. The number of fused-ring (bicyclic) bond motifs is 1. The van der Waals surface area contributed by atoms with Crippen molar-refractivity contribution < 1.29 is 65.2 Å². The van der Waals surface area contributed by atoms with Crippen molar-refractivity contribution in [1.29, 1.82) is 0 Å². The molecule has 1 aromatic rings. The molecule has 2 atom stereocenters. The summed E-state index contributed by atoms with van der Waals surface area (Å²) < 4.78 is 76.9. The third kappa shape index (κ3) is 14.9. The number of carboxylic acid groups (broad SMARTS) is 3. The lowest BCUT2D eigenvalue weighted by atomic mass is 10.0. The predicted molar refractivity (Wildman–Crippen MR) is 134 cm³/mol. The van der Waals surface area contributed by atoms with Crippen LogP contribution in [0.15, 0.2) is 47.8 Å². The predicted octanol–water partition coefficient (Wildman–Crippen LogP) is 3.17. The number of nitrogens with one attached hydrogen (secondary N) is 4. The first-order chi connectivity index (χ1) is 19.9. The number of allylic oxidation sites excluding steroid dienone is 2. The highest BCUT2D eigenvalue weighted by Gasteiger charge is 2.38. The number of alkyl halides is 6. The highest BCUT2D eigenvalue weighted by atomic mass is 19.4. The van der Waals surface area contributed by atoms with Gasteiger partial charge in [0.2, 0.25) is 5.91 Å². The summed E-state index contributed by atoms with van der Waals surface area (Å²) in [4.78, 5) is 41.2. The molecular formula is C25H29F7N4O7. The summed E-state index contributed by atoms with van der Waals surface area (Å²) >= 11 is 0. The molecule has 2 heterocycles. The van der Waals surface area contributed by atoms with Crippen molar-refractivity contribution in [3.8, 4) is 0 Å². The number of piperidine rings is 1. The Balaban J connectivity index is 0.000000548. The number of aliphatic carboxylic acids is 3. The van der Waals surface area contributed by atoms with Crippen LogP contribution in [-0.4, -0.2) is 70.7 Å². The molecule has 11 nitrogen and oxygen atoms in total. The Hall–Kier alpha value is -4.35. The zero-order valence-electron chi connectivity index (χ0n) is 22.2. The molecule has 2 aliphatic heterocycles. The van der Waals surface area contributed by atoms with E-state index in [9.17, 15) is 40.3 Å². The standard InChI is InChI=1S/C21H27FN4O3.2C2HF3O2/c22-16-6-1-4-15(12-16)17(13-20(28)29)25-19(27)7-3-10-23-18-9-8-14-5-2-11-24-21(14)26-18;2*3-2(4,5)1(6)7/h1,4,6,8-9,12,17,21,23-24,26H,2-3,5,7,10-11,13H2,(H,25,27)(H,28,29);2*(H,6,7)/t17-,21?;;/m0../s1. The molecule has 2 aliphatic rings. The highest BCUT2D eigenvalue weighted by Crippen LogP contribution is 2.19. The van der Waals surface area contributed by atoms with E-state index in [1.165, 1.54) is 23.8 Å². The van der Waals surface area contributed by atoms with Crippen LogP contribution >= 0.6 is 0 Å². The van der Waals surface area contributed by atoms with Gasteiger partial charge >= 0.3 is 30.3 Å². The lowest BCUT2D eigenvalue weighted by molar-refractivity contribution is -0.193. The second-order valence-corrected chi connectivity index (χ2v) is 8.87. The van der Waals surface area contributed by atoms with Crippen molar-refractivity contribution in [2.45, 2.75) is 56.7 Å². The number of benzene rings is 1. The maximum atomic E-state index is 13.4. The molecule has 7 N–H and O–H groups in total. The van der Waals surface area contributed by atoms with Gasteiger partial charge in [-0.05, 0) is 55.2 Å². The molecule has 43 heavy (non-hydrogen) atoms. The van der Waals surface area contributed by atoms with Gasteiger partial charge in [0.15, 0.2) is 0 Å². The first kappa shape index (κ1) is 36.7. The van der Waals surface area contributed by atoms with Crippen molar-refractivity contribution in [3.05, 3.63) is 59.2 Å². The van der Waals surface area contributed by atoms with E-state index in [1.807, 2.05) is 6.08 Å². The van der Waals surface area contributed by atoms with Gasteiger partial charge in [0.25, 0.3) is 0 Å². The molecule has 0 spiro atoms. The molecule has 1 unspecified atom stereocenters. The van der Waals surface area contributed by atoms with Crippen LogP contribution in [0.25, 0.3) is 0 Å². The summed E-state index contributed by atoms with van der Waals surface area (Å²) in [5, 5.41) is 36.1. The van der Waals surface area contributed by atoms with E-state index in [-0.39, 0.29) is 24.9 Å². The normalized spacial score (nSPS) is 16.6. The number of dihydropyridines is 1. The summed E-state index contributed by atoms with van der Waals surface area (Å²) in [5.74, 6) is -6.38. The van der Waals surface area contributed by atoms with Crippen LogP contribution < -0.4 is 21.3 Å². The van der Waals surface area contributed by atoms with Crippen LogP contribution in [0.3, 0.4) is 0 Å². The average Bonchev–Trinajstić information content (AvgIpc) is 2.90. The van der Waals surface area contributed by atoms with E-state index in [1.54, 1.807) is 6.07 Å². The van der Waals surface area contributed by atoms with Gasteiger partial charge in [-0.2, -0.15) is 26.3 Å². The summed E-state index contributed by atoms with van der Waals surface area (Å²) in [7, 11) is 0. The SMILES string of the molecule is O=C(O)C(F)(F)F.O=C(O)C(F)(F)F.O=C(O)C[C@H](NC(=O)CCCNC1=CC=C2CCCNC2N1)c1cccc(F)c1. The van der Waals surface area contributed by atoms with Crippen molar-refractivity contribution in [3.63, 3.8) is 0 Å². The van der Waals surface area contributed by atoms with E-state index in [0.29, 0.717) is 18.5 Å². The fraction of sp³-hybridized carbons (Fsp3) is 0.440. The van der Waals surface area contributed by atoms with Crippen LogP contribution in [0.4, 0.5) is 30.7 Å². The van der Waals surface area contributed by atoms with Gasteiger partial charge in [0, 0.05) is 13.0 Å². The monoisotopic (exact) mass is 630 g/mol. The molecule has 0 saturated carbocycles. The van der Waals surface area contributed by atoms with Crippen molar-refractivity contribution >= 4 is 23.8 Å². The minimum atomic E-state index is -5.08. The first-order valence-corrected chi connectivity index (χ1v) is 12.4. The van der Waals surface area contributed by atoms with Crippen molar-refractivity contribution in [2.24, 2.45) is 0 Å². The van der Waals surface area contributed by atoms with Gasteiger partial charge in [-0.3, -0.25) is 14.9 Å². The summed E-state index contributed by atoms with van der Waals surface area (Å²) in [5.41, 5.74) is 1.79. The lowest BCUT2D eigenvalue weighted by Crippen LogP contribution is -2.50. The maximum Gasteiger partial charge on any atom is 0.490 e. The minimum Gasteiger partial charge on any atom is -0.481 e. The molecule has 0 radical (unpaired) electrons. The van der Waals surface area contributed by atoms with Gasteiger partial charge in [-0.15, -0.1) is 0 Å². The average molecular weight is 631 g/mol. The van der Waals surface area contributed by atoms with Crippen LogP contribution in [0, 0.1) is 5.82 Å². The van der Waals surface area contributed by atoms with E-state index in [0.717, 1.165) is 25.2 Å². The molecule has 0 bridgehead atoms. The second kappa shape index (κ2) is 16.9. The van der Waals surface area contributed by atoms with E-state index < -0.39 is 42.1 Å². The van der Waals surface area contributed by atoms with Crippen molar-refractivity contribution in [2.75, 3.05) is 13.1 Å². The second-order valence-electron chi connectivity index (χ2n) is 8.87. The minimum absolute atomic E-state index is 0.169. The molecule has 1 aromatic carbocycles. The highest BCUT2D eigenvalue weighted by molar-refractivity contribution is 5.77. The molecule has 1 saturated heterocycles. The molecule has 1 amide bonds. The summed E-state index contributed by atoms with van der Waals surface area (Å²) in [6.07, 6.45) is -3.10. The fourth-order valence-electron chi connectivity index (χ4n) is 3.53. The molecule has 3 rings (SSSR count). The number of hydrogen-bond acceptors (Lipinski definition) is 7.